The molecular weight excluding hydrogens is 384 g/mol. The van der Waals surface area contributed by atoms with Crippen LogP contribution in [0.2, 0.25) is 0 Å². The van der Waals surface area contributed by atoms with Gasteiger partial charge in [-0.1, -0.05) is 61.4 Å². The van der Waals surface area contributed by atoms with Crippen molar-refractivity contribution in [2.45, 2.75) is 38.0 Å². The Morgan fingerprint density at radius 2 is 1.62 bits per heavy atom. The van der Waals surface area contributed by atoms with Crippen molar-refractivity contribution in [3.63, 3.8) is 0 Å². The van der Waals surface area contributed by atoms with Crippen LogP contribution in [0.3, 0.4) is 0 Å². The zero-order chi connectivity index (χ0) is 20.4. The minimum Gasteiger partial charge on any atom is -0.465 e. The van der Waals surface area contributed by atoms with Crippen LogP contribution in [-0.4, -0.2) is 33.0 Å². The summed E-state index contributed by atoms with van der Waals surface area (Å²) in [6.45, 7) is 0.328. The molecule has 4 rings (SSSR count). The number of sulfone groups is 1. The van der Waals surface area contributed by atoms with Crippen LogP contribution in [0.25, 0.3) is 11.1 Å². The number of benzene rings is 2. The zero-order valence-electron chi connectivity index (χ0n) is 16.8. The van der Waals surface area contributed by atoms with Crippen LogP contribution in [-0.2, 0) is 19.4 Å². The summed E-state index contributed by atoms with van der Waals surface area (Å²) in [5, 5.41) is 0. The van der Waals surface area contributed by atoms with Crippen molar-refractivity contribution in [1.29, 1.82) is 0 Å². The number of fused-ring (bicyclic) bond motifs is 3. The first-order chi connectivity index (χ1) is 13.9. The molecule has 1 saturated carbocycles. The van der Waals surface area contributed by atoms with Crippen LogP contribution in [0.5, 0.6) is 0 Å². The van der Waals surface area contributed by atoms with Gasteiger partial charge in [0.05, 0.1) is 5.75 Å². The van der Waals surface area contributed by atoms with Crippen molar-refractivity contribution < 1.29 is 17.9 Å². The maximum atomic E-state index is 12.6. The van der Waals surface area contributed by atoms with Gasteiger partial charge in [0.1, 0.15) is 16.4 Å². The highest BCUT2D eigenvalue weighted by atomic mass is 32.2. The Morgan fingerprint density at radius 3 is 2.17 bits per heavy atom. The molecule has 2 aromatic carbocycles. The van der Waals surface area contributed by atoms with Crippen LogP contribution in [0.1, 0.15) is 49.1 Å². The Morgan fingerprint density at radius 1 is 1.03 bits per heavy atom. The van der Waals surface area contributed by atoms with Crippen LogP contribution in [0.4, 0.5) is 0 Å². The Labute approximate surface area is 173 Å². The van der Waals surface area contributed by atoms with Gasteiger partial charge in [0.25, 0.3) is 0 Å². The van der Waals surface area contributed by atoms with Crippen LogP contribution < -0.4 is 0 Å². The molecule has 0 amide bonds. The van der Waals surface area contributed by atoms with Gasteiger partial charge in [-0.05, 0) is 46.9 Å². The molecule has 0 heterocycles. The molecule has 5 heteroatoms. The summed E-state index contributed by atoms with van der Waals surface area (Å²) >= 11 is 0. The molecule has 2 aliphatic rings. The van der Waals surface area contributed by atoms with E-state index in [0.29, 0.717) is 25.4 Å². The topological polar surface area (TPSA) is 60.4 Å². The standard InChI is InChI=1S/C24H28O4S/c1-29(26,27)13-12-18(14-17-10-11-17)15-24(25)28-16-23-21-8-4-2-6-19(21)20-7-3-5-9-22(20)23/h2-9,17-18,23H,10-16H2,1H3/t18-/m0/s1. The Kier molecular flexibility index (Phi) is 5.77. The summed E-state index contributed by atoms with van der Waals surface area (Å²) in [5.41, 5.74) is 4.83. The Hall–Kier alpha value is -2.14. The minimum atomic E-state index is -3.01. The summed E-state index contributed by atoms with van der Waals surface area (Å²) in [6, 6.07) is 16.6. The highest BCUT2D eigenvalue weighted by Gasteiger charge is 2.30. The molecule has 2 aliphatic carbocycles. The SMILES string of the molecule is CS(=O)(=O)CC[C@H](CC(=O)OCC1c2ccccc2-c2ccccc21)CC1CC1. The number of carbonyl (C=O) groups excluding carboxylic acids is 1. The number of carbonyl (C=O) groups is 1. The third-order valence-corrected chi connectivity index (χ3v) is 7.07. The third-order valence-electron chi connectivity index (χ3n) is 6.09. The van der Waals surface area contributed by atoms with E-state index in [1.54, 1.807) is 0 Å². The van der Waals surface area contributed by atoms with Crippen molar-refractivity contribution in [3.05, 3.63) is 59.7 Å². The van der Waals surface area contributed by atoms with E-state index in [1.807, 2.05) is 24.3 Å². The average Bonchev–Trinajstić information content (AvgIpc) is 3.45. The molecule has 154 valence electrons. The lowest BCUT2D eigenvalue weighted by Crippen LogP contribution is -2.18. The molecule has 2 aromatic rings. The zero-order valence-corrected chi connectivity index (χ0v) is 17.7. The van der Waals surface area contributed by atoms with Crippen LogP contribution in [0.15, 0.2) is 48.5 Å². The summed E-state index contributed by atoms with van der Waals surface area (Å²) in [7, 11) is -3.01. The van der Waals surface area contributed by atoms with Gasteiger partial charge in [-0.2, -0.15) is 0 Å². The first kappa shape index (κ1) is 20.1. The summed E-state index contributed by atoms with van der Waals surface area (Å²) in [6.07, 6.45) is 5.43. The van der Waals surface area contributed by atoms with E-state index in [4.69, 9.17) is 4.74 Å². The molecule has 0 saturated heterocycles. The van der Waals surface area contributed by atoms with Gasteiger partial charge in [-0.3, -0.25) is 4.79 Å². The van der Waals surface area contributed by atoms with Crippen molar-refractivity contribution in [2.24, 2.45) is 11.8 Å². The van der Waals surface area contributed by atoms with E-state index in [1.165, 1.54) is 41.4 Å². The van der Waals surface area contributed by atoms with E-state index in [2.05, 4.69) is 24.3 Å². The molecule has 0 aliphatic heterocycles. The molecule has 29 heavy (non-hydrogen) atoms. The highest BCUT2D eigenvalue weighted by Crippen LogP contribution is 2.44. The molecule has 0 spiro atoms. The fourth-order valence-electron chi connectivity index (χ4n) is 4.42. The van der Waals surface area contributed by atoms with Gasteiger partial charge < -0.3 is 4.74 Å². The Balaban J connectivity index is 1.39. The molecule has 4 nitrogen and oxygen atoms in total. The molecule has 0 radical (unpaired) electrons. The predicted molar refractivity (Wildman–Crippen MR) is 114 cm³/mol. The largest absolute Gasteiger partial charge is 0.465 e. The molecule has 1 atom stereocenters. The normalized spacial score (nSPS) is 16.9. The van der Waals surface area contributed by atoms with Gasteiger partial charge in [-0.25, -0.2) is 8.42 Å². The number of rotatable bonds is 9. The second-order valence-electron chi connectivity index (χ2n) is 8.58. The second kappa shape index (κ2) is 8.31. The predicted octanol–water partition coefficient (Wildman–Crippen LogP) is 4.58. The fourth-order valence-corrected chi connectivity index (χ4v) is 5.18. The van der Waals surface area contributed by atoms with E-state index in [0.717, 1.165) is 6.42 Å². The molecular formula is C24H28O4S. The molecule has 0 unspecified atom stereocenters. The van der Waals surface area contributed by atoms with Crippen LogP contribution >= 0.6 is 0 Å². The number of esters is 1. The quantitative estimate of drug-likeness (QED) is 0.566. The van der Waals surface area contributed by atoms with E-state index < -0.39 is 9.84 Å². The van der Waals surface area contributed by atoms with Crippen molar-refractivity contribution in [1.82, 2.24) is 0 Å². The first-order valence-corrected chi connectivity index (χ1v) is 12.5. The maximum absolute atomic E-state index is 12.6. The van der Waals surface area contributed by atoms with E-state index >= 15 is 0 Å². The number of ether oxygens (including phenoxy) is 1. The van der Waals surface area contributed by atoms with Crippen molar-refractivity contribution in [3.8, 4) is 11.1 Å². The Bertz CT molecular complexity index is 946. The van der Waals surface area contributed by atoms with Crippen LogP contribution in [0, 0.1) is 11.8 Å². The van der Waals surface area contributed by atoms with Crippen molar-refractivity contribution in [2.75, 3.05) is 18.6 Å². The third kappa shape index (κ3) is 5.08. The van der Waals surface area contributed by atoms with E-state index in [9.17, 15) is 13.2 Å². The lowest BCUT2D eigenvalue weighted by molar-refractivity contribution is -0.145. The molecule has 0 bridgehead atoms. The number of hydrogen-bond acceptors (Lipinski definition) is 4. The fraction of sp³-hybridized carbons (Fsp3) is 0.458. The molecule has 0 N–H and O–H groups in total. The van der Waals surface area contributed by atoms with E-state index in [-0.39, 0.29) is 23.6 Å². The lowest BCUT2D eigenvalue weighted by Gasteiger charge is -2.18. The summed E-state index contributed by atoms with van der Waals surface area (Å²) in [4.78, 5) is 12.6. The smallest absolute Gasteiger partial charge is 0.306 e. The second-order valence-corrected chi connectivity index (χ2v) is 10.8. The number of hydrogen-bond donors (Lipinski definition) is 0. The van der Waals surface area contributed by atoms with Gasteiger partial charge in [0, 0.05) is 18.6 Å². The average molecular weight is 413 g/mol. The minimum absolute atomic E-state index is 0.0595. The monoisotopic (exact) mass is 412 g/mol. The van der Waals surface area contributed by atoms with Crippen molar-refractivity contribution >= 4 is 15.8 Å². The maximum Gasteiger partial charge on any atom is 0.306 e. The summed E-state index contributed by atoms with van der Waals surface area (Å²) < 4.78 is 28.8. The molecule has 1 fully saturated rings. The summed E-state index contributed by atoms with van der Waals surface area (Å²) in [5.74, 6) is 0.727. The van der Waals surface area contributed by atoms with Gasteiger partial charge in [0.2, 0.25) is 0 Å². The lowest BCUT2D eigenvalue weighted by atomic mass is 9.95. The molecule has 0 aromatic heterocycles. The van der Waals surface area contributed by atoms with Gasteiger partial charge in [0.15, 0.2) is 0 Å². The highest BCUT2D eigenvalue weighted by molar-refractivity contribution is 7.90. The first-order valence-electron chi connectivity index (χ1n) is 10.4. The van der Waals surface area contributed by atoms with Gasteiger partial charge in [-0.15, -0.1) is 0 Å². The van der Waals surface area contributed by atoms with Gasteiger partial charge >= 0.3 is 5.97 Å².